The SMILES string of the molecule is CC.CCCONC1=NCC(c2c(F)cc(OC)cc2F)C1. The third-order valence-corrected chi connectivity index (χ3v) is 3.13. The minimum absolute atomic E-state index is 0.0573. The zero-order valence-electron chi connectivity index (χ0n) is 13.6. The molecule has 22 heavy (non-hydrogen) atoms. The van der Waals surface area contributed by atoms with Gasteiger partial charge in [-0.25, -0.2) is 8.78 Å². The molecule has 0 radical (unpaired) electrons. The molecule has 0 aromatic heterocycles. The fourth-order valence-electron chi connectivity index (χ4n) is 2.16. The van der Waals surface area contributed by atoms with E-state index in [4.69, 9.17) is 9.57 Å². The van der Waals surface area contributed by atoms with Crippen LogP contribution in [0.4, 0.5) is 8.78 Å². The minimum atomic E-state index is -0.599. The number of amidine groups is 1. The molecule has 1 N–H and O–H groups in total. The topological polar surface area (TPSA) is 42.8 Å². The first-order valence-corrected chi connectivity index (χ1v) is 7.59. The molecule has 2 rings (SSSR count). The van der Waals surface area contributed by atoms with Crippen LogP contribution in [0.1, 0.15) is 45.1 Å². The minimum Gasteiger partial charge on any atom is -0.497 e. The molecular formula is C16H24F2N2O2. The highest BCUT2D eigenvalue weighted by atomic mass is 19.1. The number of ether oxygens (including phenoxy) is 1. The molecule has 0 saturated heterocycles. The molecule has 1 aliphatic heterocycles. The fourth-order valence-corrected chi connectivity index (χ4v) is 2.16. The molecule has 0 spiro atoms. The fraction of sp³-hybridized carbons (Fsp3) is 0.562. The normalized spacial score (nSPS) is 16.6. The summed E-state index contributed by atoms with van der Waals surface area (Å²) < 4.78 is 32.8. The molecule has 0 saturated carbocycles. The van der Waals surface area contributed by atoms with Crippen molar-refractivity contribution in [1.29, 1.82) is 0 Å². The molecular weight excluding hydrogens is 290 g/mol. The van der Waals surface area contributed by atoms with Crippen molar-refractivity contribution < 1.29 is 18.4 Å². The van der Waals surface area contributed by atoms with Crippen LogP contribution in [-0.2, 0) is 4.84 Å². The summed E-state index contributed by atoms with van der Waals surface area (Å²) >= 11 is 0. The van der Waals surface area contributed by atoms with Gasteiger partial charge < -0.3 is 4.74 Å². The van der Waals surface area contributed by atoms with E-state index in [0.29, 0.717) is 25.4 Å². The van der Waals surface area contributed by atoms with Crippen LogP contribution in [0.15, 0.2) is 17.1 Å². The third kappa shape index (κ3) is 4.66. The van der Waals surface area contributed by atoms with Gasteiger partial charge in [0.1, 0.15) is 23.2 Å². The molecule has 1 aliphatic rings. The largest absolute Gasteiger partial charge is 0.497 e. The number of aliphatic imine (C=N–C) groups is 1. The molecule has 1 unspecified atom stereocenters. The summed E-state index contributed by atoms with van der Waals surface area (Å²) in [6.07, 6.45) is 1.31. The zero-order chi connectivity index (χ0) is 16.5. The van der Waals surface area contributed by atoms with Crippen LogP contribution in [-0.4, -0.2) is 26.1 Å². The summed E-state index contributed by atoms with van der Waals surface area (Å²) in [6, 6.07) is 2.38. The van der Waals surface area contributed by atoms with E-state index < -0.39 is 11.6 Å². The van der Waals surface area contributed by atoms with Gasteiger partial charge in [-0.3, -0.25) is 15.3 Å². The first-order chi connectivity index (χ1) is 10.7. The Bertz CT molecular complexity index is 484. The van der Waals surface area contributed by atoms with Crippen LogP contribution >= 0.6 is 0 Å². The van der Waals surface area contributed by atoms with Crippen LogP contribution in [0.5, 0.6) is 5.75 Å². The summed E-state index contributed by atoms with van der Waals surface area (Å²) in [5.74, 6) is -0.713. The van der Waals surface area contributed by atoms with Crippen molar-refractivity contribution >= 4 is 5.84 Å². The number of methoxy groups -OCH3 is 1. The Labute approximate surface area is 130 Å². The van der Waals surface area contributed by atoms with E-state index in [9.17, 15) is 8.78 Å². The quantitative estimate of drug-likeness (QED) is 0.664. The van der Waals surface area contributed by atoms with Crippen molar-refractivity contribution in [2.45, 2.75) is 39.5 Å². The van der Waals surface area contributed by atoms with Crippen LogP contribution in [0.25, 0.3) is 0 Å². The second-order valence-electron chi connectivity index (χ2n) is 4.64. The van der Waals surface area contributed by atoms with Crippen molar-refractivity contribution in [2.75, 3.05) is 20.3 Å². The van der Waals surface area contributed by atoms with E-state index in [0.717, 1.165) is 6.42 Å². The van der Waals surface area contributed by atoms with Crippen molar-refractivity contribution in [3.05, 3.63) is 29.3 Å². The number of rotatable bonds is 5. The number of hydrogen-bond donors (Lipinski definition) is 1. The van der Waals surface area contributed by atoms with E-state index in [1.165, 1.54) is 19.2 Å². The molecule has 1 atom stereocenters. The lowest BCUT2D eigenvalue weighted by Crippen LogP contribution is -2.23. The average Bonchev–Trinajstić information content (AvgIpc) is 2.97. The maximum absolute atomic E-state index is 14.0. The Morgan fingerprint density at radius 2 is 1.91 bits per heavy atom. The molecule has 4 nitrogen and oxygen atoms in total. The maximum Gasteiger partial charge on any atom is 0.133 e. The Morgan fingerprint density at radius 1 is 1.27 bits per heavy atom. The molecule has 1 heterocycles. The Hall–Kier alpha value is -1.69. The maximum atomic E-state index is 14.0. The summed E-state index contributed by atoms with van der Waals surface area (Å²) in [4.78, 5) is 9.37. The van der Waals surface area contributed by atoms with Gasteiger partial charge in [-0.1, -0.05) is 20.8 Å². The first-order valence-electron chi connectivity index (χ1n) is 7.59. The van der Waals surface area contributed by atoms with Crippen LogP contribution in [0, 0.1) is 11.6 Å². The van der Waals surface area contributed by atoms with E-state index in [-0.39, 0.29) is 17.2 Å². The summed E-state index contributed by atoms with van der Waals surface area (Å²) in [5, 5.41) is 0. The highest BCUT2D eigenvalue weighted by Crippen LogP contribution is 2.31. The number of hydroxylamine groups is 1. The van der Waals surface area contributed by atoms with Gasteiger partial charge in [-0.2, -0.15) is 0 Å². The molecule has 1 aromatic carbocycles. The summed E-state index contributed by atoms with van der Waals surface area (Å²) in [5.41, 5.74) is 2.78. The van der Waals surface area contributed by atoms with Crippen LogP contribution < -0.4 is 10.2 Å². The van der Waals surface area contributed by atoms with Gasteiger partial charge in [-0.15, -0.1) is 0 Å². The smallest absolute Gasteiger partial charge is 0.133 e. The Morgan fingerprint density at radius 3 is 2.45 bits per heavy atom. The molecule has 0 amide bonds. The number of hydrogen-bond acceptors (Lipinski definition) is 4. The van der Waals surface area contributed by atoms with E-state index in [2.05, 4.69) is 10.5 Å². The Kier molecular flexibility index (Phi) is 7.80. The highest BCUT2D eigenvalue weighted by Gasteiger charge is 2.27. The van der Waals surface area contributed by atoms with Crippen molar-refractivity contribution in [2.24, 2.45) is 4.99 Å². The van der Waals surface area contributed by atoms with E-state index >= 15 is 0 Å². The number of nitrogens with one attached hydrogen (secondary N) is 1. The van der Waals surface area contributed by atoms with Gasteiger partial charge in [-0.05, 0) is 6.42 Å². The predicted octanol–water partition coefficient (Wildman–Crippen LogP) is 3.82. The molecule has 124 valence electrons. The van der Waals surface area contributed by atoms with Gasteiger partial charge in [0.2, 0.25) is 0 Å². The van der Waals surface area contributed by atoms with Gasteiger partial charge >= 0.3 is 0 Å². The van der Waals surface area contributed by atoms with E-state index in [1.54, 1.807) is 0 Å². The predicted molar refractivity (Wildman–Crippen MR) is 83.3 cm³/mol. The number of nitrogens with zero attached hydrogens (tertiary/aromatic N) is 1. The second-order valence-corrected chi connectivity index (χ2v) is 4.64. The summed E-state index contributed by atoms with van der Waals surface area (Å²) in [7, 11) is 1.37. The van der Waals surface area contributed by atoms with Crippen molar-refractivity contribution in [3.8, 4) is 5.75 Å². The lowest BCUT2D eigenvalue weighted by Gasteiger charge is -2.13. The Balaban J connectivity index is 0.00000116. The lowest BCUT2D eigenvalue weighted by atomic mass is 9.96. The van der Waals surface area contributed by atoms with Gasteiger partial charge in [0, 0.05) is 36.6 Å². The van der Waals surface area contributed by atoms with Crippen molar-refractivity contribution in [1.82, 2.24) is 5.48 Å². The standard InChI is InChI=1S/C14H18F2N2O2.C2H6/c1-3-4-20-18-13-5-9(8-17-13)14-11(15)6-10(19-2)7-12(14)16;1-2/h6-7,9H,3-5,8H2,1-2H3,(H,17,18);1-2H3. The lowest BCUT2D eigenvalue weighted by molar-refractivity contribution is 0.0845. The van der Waals surface area contributed by atoms with E-state index in [1.807, 2.05) is 20.8 Å². The van der Waals surface area contributed by atoms with Gasteiger partial charge in [0.05, 0.1) is 13.7 Å². The monoisotopic (exact) mass is 314 g/mol. The molecule has 0 fully saturated rings. The van der Waals surface area contributed by atoms with Crippen LogP contribution in [0.3, 0.4) is 0 Å². The molecule has 1 aromatic rings. The average molecular weight is 314 g/mol. The summed E-state index contributed by atoms with van der Waals surface area (Å²) in [6.45, 7) is 6.90. The van der Waals surface area contributed by atoms with Crippen LogP contribution in [0.2, 0.25) is 0 Å². The third-order valence-electron chi connectivity index (χ3n) is 3.13. The highest BCUT2D eigenvalue weighted by molar-refractivity contribution is 5.83. The number of halogens is 2. The zero-order valence-corrected chi connectivity index (χ0v) is 13.6. The van der Waals surface area contributed by atoms with Crippen molar-refractivity contribution in [3.63, 3.8) is 0 Å². The first kappa shape index (κ1) is 18.4. The number of benzene rings is 1. The second kappa shape index (κ2) is 9.35. The molecule has 0 aliphatic carbocycles. The molecule has 0 bridgehead atoms. The van der Waals surface area contributed by atoms with Gasteiger partial charge in [0.15, 0.2) is 0 Å². The van der Waals surface area contributed by atoms with Gasteiger partial charge in [0.25, 0.3) is 0 Å². The molecule has 6 heteroatoms.